The highest BCUT2D eigenvalue weighted by Gasteiger charge is 2.06. The van der Waals surface area contributed by atoms with Crippen LogP contribution in [0.25, 0.3) is 0 Å². The molecule has 0 unspecified atom stereocenters. The Bertz CT molecular complexity index is 878. The van der Waals surface area contributed by atoms with Crippen molar-refractivity contribution in [3.8, 4) is 5.75 Å². The lowest BCUT2D eigenvalue weighted by molar-refractivity contribution is 0.301. The smallest absolute Gasteiger partial charge is 0.124 e. The molecule has 0 aromatic heterocycles. The zero-order valence-corrected chi connectivity index (χ0v) is 16.9. The summed E-state index contributed by atoms with van der Waals surface area (Å²) in [5.74, 6) is 0.863. The van der Waals surface area contributed by atoms with Crippen LogP contribution in [0.5, 0.6) is 5.75 Å². The molecular weight excluding hydrogens is 377 g/mol. The van der Waals surface area contributed by atoms with E-state index in [1.165, 1.54) is 16.7 Å². The number of nitrogens with one attached hydrogen (secondary N) is 1. The van der Waals surface area contributed by atoms with Crippen molar-refractivity contribution < 1.29 is 4.74 Å². The molecule has 0 aliphatic rings. The summed E-state index contributed by atoms with van der Waals surface area (Å²) in [4.78, 5) is 0. The van der Waals surface area contributed by atoms with Gasteiger partial charge in [-0.2, -0.15) is 0 Å². The molecule has 4 heteroatoms. The SMILES string of the molecule is Cc1ccccc1COc1ccc(Cl)cc1CNCCc1ccc(Cl)cc1. The Morgan fingerprint density at radius 3 is 2.37 bits per heavy atom. The molecule has 3 aromatic carbocycles. The van der Waals surface area contributed by atoms with E-state index in [0.717, 1.165) is 29.3 Å². The number of benzene rings is 3. The normalized spacial score (nSPS) is 10.8. The monoisotopic (exact) mass is 399 g/mol. The van der Waals surface area contributed by atoms with Crippen molar-refractivity contribution in [2.45, 2.75) is 26.5 Å². The third-order valence-electron chi connectivity index (χ3n) is 4.49. The van der Waals surface area contributed by atoms with Gasteiger partial charge in [-0.25, -0.2) is 0 Å². The van der Waals surface area contributed by atoms with E-state index in [-0.39, 0.29) is 0 Å². The first-order chi connectivity index (χ1) is 13.1. The predicted molar refractivity (Wildman–Crippen MR) is 114 cm³/mol. The molecule has 3 aromatic rings. The fraction of sp³-hybridized carbons (Fsp3) is 0.217. The number of ether oxygens (including phenoxy) is 1. The van der Waals surface area contributed by atoms with Crippen LogP contribution in [0, 0.1) is 6.92 Å². The van der Waals surface area contributed by atoms with Gasteiger partial charge in [-0.05, 0) is 66.9 Å². The van der Waals surface area contributed by atoms with E-state index in [2.05, 4.69) is 36.5 Å². The molecule has 0 spiro atoms. The second kappa shape index (κ2) is 9.80. The van der Waals surface area contributed by atoms with Crippen molar-refractivity contribution in [3.05, 3.63) is 99.0 Å². The van der Waals surface area contributed by atoms with E-state index in [1.54, 1.807) is 0 Å². The summed E-state index contributed by atoms with van der Waals surface area (Å²) in [5, 5.41) is 4.95. The van der Waals surface area contributed by atoms with Gasteiger partial charge in [0.05, 0.1) is 0 Å². The van der Waals surface area contributed by atoms with Crippen LogP contribution in [0.2, 0.25) is 10.0 Å². The van der Waals surface area contributed by atoms with Crippen LogP contribution in [0.4, 0.5) is 0 Å². The first-order valence-electron chi connectivity index (χ1n) is 9.03. The minimum Gasteiger partial charge on any atom is -0.489 e. The molecule has 0 fully saturated rings. The third kappa shape index (κ3) is 6.00. The number of aryl methyl sites for hydroxylation is 1. The average Bonchev–Trinajstić information content (AvgIpc) is 2.67. The van der Waals surface area contributed by atoms with Gasteiger partial charge in [-0.3, -0.25) is 0 Å². The van der Waals surface area contributed by atoms with Gasteiger partial charge in [-0.15, -0.1) is 0 Å². The second-order valence-electron chi connectivity index (χ2n) is 6.52. The van der Waals surface area contributed by atoms with Crippen molar-refractivity contribution in [3.63, 3.8) is 0 Å². The standard InChI is InChI=1S/C23H23Cl2NO/c1-17-4-2-3-5-19(17)16-27-23-11-10-22(25)14-20(23)15-26-13-12-18-6-8-21(24)9-7-18/h2-11,14,26H,12-13,15-16H2,1H3. The molecule has 0 atom stereocenters. The van der Waals surface area contributed by atoms with Crippen molar-refractivity contribution in [1.82, 2.24) is 5.32 Å². The summed E-state index contributed by atoms with van der Waals surface area (Å²) >= 11 is 12.1. The lowest BCUT2D eigenvalue weighted by atomic mass is 10.1. The van der Waals surface area contributed by atoms with Crippen LogP contribution in [0.15, 0.2) is 66.7 Å². The molecule has 2 nitrogen and oxygen atoms in total. The number of hydrogen-bond acceptors (Lipinski definition) is 2. The lowest BCUT2D eigenvalue weighted by Crippen LogP contribution is -2.17. The van der Waals surface area contributed by atoms with Gasteiger partial charge in [0.2, 0.25) is 0 Å². The van der Waals surface area contributed by atoms with Crippen LogP contribution < -0.4 is 10.1 Å². The summed E-state index contributed by atoms with van der Waals surface area (Å²) in [7, 11) is 0. The quantitative estimate of drug-likeness (QED) is 0.454. The number of halogens is 2. The van der Waals surface area contributed by atoms with Gasteiger partial charge in [0.1, 0.15) is 12.4 Å². The Labute approximate surface area is 171 Å². The van der Waals surface area contributed by atoms with Gasteiger partial charge in [0.25, 0.3) is 0 Å². The zero-order valence-electron chi connectivity index (χ0n) is 15.3. The highest BCUT2D eigenvalue weighted by Crippen LogP contribution is 2.24. The fourth-order valence-corrected chi connectivity index (χ4v) is 3.18. The van der Waals surface area contributed by atoms with Gasteiger partial charge in [-0.1, -0.05) is 59.6 Å². The molecule has 0 aliphatic carbocycles. The maximum absolute atomic E-state index is 6.19. The Morgan fingerprint density at radius 2 is 1.59 bits per heavy atom. The van der Waals surface area contributed by atoms with E-state index < -0.39 is 0 Å². The molecule has 0 aliphatic heterocycles. The Kier molecular flexibility index (Phi) is 7.17. The maximum atomic E-state index is 6.19. The van der Waals surface area contributed by atoms with E-state index in [9.17, 15) is 0 Å². The van der Waals surface area contributed by atoms with Crippen LogP contribution in [-0.2, 0) is 19.6 Å². The molecular formula is C23H23Cl2NO. The molecule has 0 saturated heterocycles. The summed E-state index contributed by atoms with van der Waals surface area (Å²) in [6.45, 7) is 4.22. The molecule has 27 heavy (non-hydrogen) atoms. The van der Waals surface area contributed by atoms with Crippen LogP contribution in [-0.4, -0.2) is 6.54 Å². The molecule has 3 rings (SSSR count). The molecule has 0 bridgehead atoms. The highest BCUT2D eigenvalue weighted by molar-refractivity contribution is 6.30. The first-order valence-corrected chi connectivity index (χ1v) is 9.78. The largest absolute Gasteiger partial charge is 0.489 e. The van der Waals surface area contributed by atoms with E-state index >= 15 is 0 Å². The average molecular weight is 400 g/mol. The van der Waals surface area contributed by atoms with Crippen molar-refractivity contribution in [2.24, 2.45) is 0 Å². The van der Waals surface area contributed by atoms with E-state index in [4.69, 9.17) is 27.9 Å². The number of rotatable bonds is 8. The first kappa shape index (κ1) is 19.8. The summed E-state index contributed by atoms with van der Waals surface area (Å²) in [6, 6.07) is 22.0. The van der Waals surface area contributed by atoms with Crippen LogP contribution in [0.3, 0.4) is 0 Å². The minimum atomic E-state index is 0.548. The van der Waals surface area contributed by atoms with Crippen LogP contribution >= 0.6 is 23.2 Å². The lowest BCUT2D eigenvalue weighted by Gasteiger charge is -2.14. The second-order valence-corrected chi connectivity index (χ2v) is 7.39. The van der Waals surface area contributed by atoms with Gasteiger partial charge in [0, 0.05) is 22.2 Å². The van der Waals surface area contributed by atoms with E-state index in [1.807, 2.05) is 42.5 Å². The number of hydrogen-bond donors (Lipinski definition) is 1. The topological polar surface area (TPSA) is 21.3 Å². The maximum Gasteiger partial charge on any atom is 0.124 e. The minimum absolute atomic E-state index is 0.548. The molecule has 0 radical (unpaired) electrons. The van der Waals surface area contributed by atoms with Gasteiger partial charge < -0.3 is 10.1 Å². The fourth-order valence-electron chi connectivity index (χ4n) is 2.86. The molecule has 0 saturated carbocycles. The van der Waals surface area contributed by atoms with E-state index in [0.29, 0.717) is 18.2 Å². The van der Waals surface area contributed by atoms with Gasteiger partial charge >= 0.3 is 0 Å². The van der Waals surface area contributed by atoms with Crippen molar-refractivity contribution in [2.75, 3.05) is 6.54 Å². The van der Waals surface area contributed by atoms with Crippen molar-refractivity contribution >= 4 is 23.2 Å². The third-order valence-corrected chi connectivity index (χ3v) is 4.97. The Morgan fingerprint density at radius 1 is 0.852 bits per heavy atom. The molecule has 0 heterocycles. The zero-order chi connectivity index (χ0) is 19.1. The Balaban J connectivity index is 1.57. The van der Waals surface area contributed by atoms with Crippen molar-refractivity contribution in [1.29, 1.82) is 0 Å². The van der Waals surface area contributed by atoms with Gasteiger partial charge in [0.15, 0.2) is 0 Å². The van der Waals surface area contributed by atoms with Crippen LogP contribution in [0.1, 0.15) is 22.3 Å². The summed E-state index contributed by atoms with van der Waals surface area (Å²) in [6.07, 6.45) is 0.942. The molecule has 0 amide bonds. The molecule has 1 N–H and O–H groups in total. The predicted octanol–water partition coefficient (Wildman–Crippen LogP) is 6.21. The Hall–Kier alpha value is -2.00. The molecule has 140 valence electrons. The summed E-state index contributed by atoms with van der Waals surface area (Å²) < 4.78 is 6.07. The summed E-state index contributed by atoms with van der Waals surface area (Å²) in [5.41, 5.74) is 4.74. The highest BCUT2D eigenvalue weighted by atomic mass is 35.5.